The molecule has 0 bridgehead atoms. The van der Waals surface area contributed by atoms with Crippen LogP contribution in [0.2, 0.25) is 0 Å². The topological polar surface area (TPSA) is 111 Å². The van der Waals surface area contributed by atoms with Crippen molar-refractivity contribution in [3.05, 3.63) is 0 Å². The lowest BCUT2D eigenvalue weighted by Gasteiger charge is -2.30. The highest BCUT2D eigenvalue weighted by molar-refractivity contribution is 7.45. The number of ether oxygens (including phenoxy) is 2. The number of unbranched alkanes of at least 4 members (excludes halogenated alkanes) is 24. The molecular weight excluding hydrogens is 629 g/mol. The summed E-state index contributed by atoms with van der Waals surface area (Å²) in [6.07, 6.45) is 31.1. The van der Waals surface area contributed by atoms with Gasteiger partial charge >= 0.3 is 19.8 Å². The molecule has 0 N–H and O–H groups in total. The summed E-state index contributed by atoms with van der Waals surface area (Å²) in [6.45, 7) is 3.76. The smallest absolute Gasteiger partial charge is 0.325 e. The number of phosphoric acid groups is 1. The Hall–Kier alpha value is -0.990. The molecule has 0 aromatic rings. The van der Waals surface area contributed by atoms with Crippen molar-refractivity contribution in [1.29, 1.82) is 0 Å². The average molecular weight is 706 g/mol. The standard InChI is InChI=1S/C38H76NO8P/c1-6-8-10-12-14-16-18-20-22-24-26-28-30-32-37(40)44-34-36(35-45-48(42,43)47-39(3,4)5)46-38(41)33-31-29-27-25-23-21-19-17-15-13-11-9-7-2/h36H,6-35H2,1-5H3/t36-/m1/s1. The Labute approximate surface area is 295 Å². The van der Waals surface area contributed by atoms with Crippen molar-refractivity contribution in [2.24, 2.45) is 0 Å². The number of esters is 2. The minimum absolute atomic E-state index is 0.228. The maximum Gasteiger partial charge on any atom is 0.325 e. The Kier molecular flexibility index (Phi) is 31.3. The zero-order valence-electron chi connectivity index (χ0n) is 32.0. The molecule has 10 heteroatoms. The van der Waals surface area contributed by atoms with Crippen LogP contribution in [0.1, 0.15) is 194 Å². The maximum absolute atomic E-state index is 12.6. The third kappa shape index (κ3) is 34.9. The van der Waals surface area contributed by atoms with Crippen molar-refractivity contribution < 1.29 is 42.3 Å². The zero-order valence-corrected chi connectivity index (χ0v) is 32.8. The van der Waals surface area contributed by atoms with Crippen LogP contribution in [0, 0.1) is 0 Å². The monoisotopic (exact) mass is 706 g/mol. The van der Waals surface area contributed by atoms with Gasteiger partial charge in [0.15, 0.2) is 6.10 Å². The van der Waals surface area contributed by atoms with Gasteiger partial charge in [-0.1, -0.05) is 168 Å². The molecule has 0 spiro atoms. The Balaban J connectivity index is 4.28. The van der Waals surface area contributed by atoms with Crippen LogP contribution in [0.4, 0.5) is 0 Å². The molecule has 2 atom stereocenters. The van der Waals surface area contributed by atoms with Gasteiger partial charge in [0.05, 0.1) is 27.7 Å². The molecule has 0 aliphatic heterocycles. The van der Waals surface area contributed by atoms with Gasteiger partial charge in [-0.05, 0) is 12.8 Å². The van der Waals surface area contributed by atoms with E-state index in [1.54, 1.807) is 21.1 Å². The number of carbonyl (C=O) groups is 2. The van der Waals surface area contributed by atoms with Gasteiger partial charge in [-0.3, -0.25) is 14.2 Å². The molecule has 286 valence electrons. The van der Waals surface area contributed by atoms with Gasteiger partial charge in [-0.25, -0.2) is 0 Å². The summed E-state index contributed by atoms with van der Waals surface area (Å²) in [6, 6.07) is 0. The summed E-state index contributed by atoms with van der Waals surface area (Å²) in [5.74, 6) is -0.837. The van der Waals surface area contributed by atoms with Gasteiger partial charge in [0.25, 0.3) is 0 Å². The molecule has 0 aliphatic carbocycles. The average Bonchev–Trinajstić information content (AvgIpc) is 3.02. The maximum atomic E-state index is 12.6. The van der Waals surface area contributed by atoms with E-state index in [2.05, 4.69) is 13.8 Å². The zero-order chi connectivity index (χ0) is 35.8. The summed E-state index contributed by atoms with van der Waals surface area (Å²) in [4.78, 5) is 37.2. The number of hydrogen-bond acceptors (Lipinski definition) is 8. The van der Waals surface area contributed by atoms with Gasteiger partial charge in [0, 0.05) is 12.8 Å². The highest BCUT2D eigenvalue weighted by atomic mass is 31.2. The van der Waals surface area contributed by atoms with E-state index in [1.165, 1.54) is 128 Å². The second-order valence-corrected chi connectivity index (χ2v) is 15.8. The van der Waals surface area contributed by atoms with Crippen LogP contribution < -0.4 is 4.89 Å². The molecule has 0 saturated heterocycles. The van der Waals surface area contributed by atoms with E-state index in [0.717, 1.165) is 32.1 Å². The second kappa shape index (κ2) is 32.0. The minimum Gasteiger partial charge on any atom is -0.752 e. The Morgan fingerprint density at radius 1 is 0.542 bits per heavy atom. The molecule has 0 heterocycles. The van der Waals surface area contributed by atoms with Gasteiger partial charge in [0.2, 0.25) is 0 Å². The summed E-state index contributed by atoms with van der Waals surface area (Å²) in [7, 11) is -0.0405. The molecule has 0 fully saturated rings. The summed E-state index contributed by atoms with van der Waals surface area (Å²) in [5.41, 5.74) is 0. The highest BCUT2D eigenvalue weighted by Crippen LogP contribution is 2.40. The van der Waals surface area contributed by atoms with Gasteiger partial charge in [-0.2, -0.15) is 4.65 Å². The first-order valence-corrected chi connectivity index (χ1v) is 21.3. The van der Waals surface area contributed by atoms with E-state index >= 15 is 0 Å². The van der Waals surface area contributed by atoms with Crippen LogP contribution in [0.15, 0.2) is 0 Å². The molecular formula is C38H76NO8P. The van der Waals surface area contributed by atoms with Crippen molar-refractivity contribution >= 4 is 19.8 Å². The fraction of sp³-hybridized carbons (Fsp3) is 0.947. The summed E-state index contributed by atoms with van der Waals surface area (Å²) >= 11 is 0. The molecule has 0 amide bonds. The van der Waals surface area contributed by atoms with Crippen molar-refractivity contribution in [1.82, 2.24) is 0 Å². The molecule has 1 unspecified atom stereocenters. The summed E-state index contributed by atoms with van der Waals surface area (Å²) in [5, 5.41) is 0. The predicted octanol–water partition coefficient (Wildman–Crippen LogP) is 10.5. The highest BCUT2D eigenvalue weighted by Gasteiger charge is 2.25. The number of quaternary nitrogens is 1. The normalized spacial score (nSPS) is 13.7. The lowest BCUT2D eigenvalue weighted by atomic mass is 10.0. The second-order valence-electron chi connectivity index (χ2n) is 14.5. The van der Waals surface area contributed by atoms with Crippen molar-refractivity contribution in [3.63, 3.8) is 0 Å². The molecule has 48 heavy (non-hydrogen) atoms. The van der Waals surface area contributed by atoms with Gasteiger partial charge in [-0.15, -0.1) is 4.62 Å². The number of nitrogens with zero attached hydrogens (tertiary/aromatic N) is 1. The van der Waals surface area contributed by atoms with E-state index in [9.17, 15) is 19.0 Å². The van der Waals surface area contributed by atoms with E-state index in [1.807, 2.05) is 0 Å². The summed E-state index contributed by atoms with van der Waals surface area (Å²) < 4.78 is 32.8. The molecule has 0 aliphatic rings. The molecule has 0 aromatic carbocycles. The Bertz CT molecular complexity index is 804. The van der Waals surface area contributed by atoms with Crippen molar-refractivity contribution in [2.45, 2.75) is 200 Å². The first-order chi connectivity index (χ1) is 23.0. The minimum atomic E-state index is -4.66. The lowest BCUT2D eigenvalue weighted by molar-refractivity contribution is -1.04. The van der Waals surface area contributed by atoms with E-state index in [0.29, 0.717) is 6.42 Å². The van der Waals surface area contributed by atoms with Crippen LogP contribution in [0.3, 0.4) is 0 Å². The Morgan fingerprint density at radius 2 is 0.875 bits per heavy atom. The molecule has 0 aromatic heterocycles. The molecule has 0 rings (SSSR count). The number of hydroxylamine groups is 3. The van der Waals surface area contributed by atoms with E-state index in [-0.39, 0.29) is 30.1 Å². The fourth-order valence-corrected chi connectivity index (χ4v) is 6.69. The van der Waals surface area contributed by atoms with Gasteiger partial charge in [0.1, 0.15) is 6.61 Å². The lowest BCUT2D eigenvalue weighted by Crippen LogP contribution is -2.36. The van der Waals surface area contributed by atoms with Gasteiger partial charge < -0.3 is 18.9 Å². The first-order valence-electron chi connectivity index (χ1n) is 19.8. The number of hydrogen-bond donors (Lipinski definition) is 0. The van der Waals surface area contributed by atoms with Crippen LogP contribution in [0.5, 0.6) is 0 Å². The van der Waals surface area contributed by atoms with Crippen LogP contribution in [0.25, 0.3) is 0 Å². The largest absolute Gasteiger partial charge is 0.752 e. The van der Waals surface area contributed by atoms with E-state index < -0.39 is 26.5 Å². The third-order valence-electron chi connectivity index (χ3n) is 8.46. The predicted molar refractivity (Wildman–Crippen MR) is 194 cm³/mol. The number of rotatable bonds is 36. The molecule has 9 nitrogen and oxygen atoms in total. The van der Waals surface area contributed by atoms with Crippen molar-refractivity contribution in [3.8, 4) is 0 Å². The van der Waals surface area contributed by atoms with Crippen LogP contribution >= 0.6 is 7.82 Å². The van der Waals surface area contributed by atoms with E-state index in [4.69, 9.17) is 18.6 Å². The molecule has 0 saturated carbocycles. The quantitative estimate of drug-likeness (QED) is 0.0208. The SMILES string of the molecule is CCCCCCCCCCCCCCCC(=O)OC[C@H](COP(=O)([O-])O[N+](C)(C)C)OC(=O)CCCCCCCCCCCCCCC. The Morgan fingerprint density at radius 3 is 1.23 bits per heavy atom. The fourth-order valence-electron chi connectivity index (χ4n) is 5.69. The van der Waals surface area contributed by atoms with Crippen LogP contribution in [-0.4, -0.2) is 57.0 Å². The number of phosphoric ester groups is 1. The third-order valence-corrected chi connectivity index (χ3v) is 9.62. The van der Waals surface area contributed by atoms with Crippen LogP contribution in [-0.2, 0) is 32.8 Å². The molecule has 0 radical (unpaired) electrons. The number of carbonyl (C=O) groups excluding carboxylic acids is 2. The first kappa shape index (κ1) is 47.0. The van der Waals surface area contributed by atoms with Crippen molar-refractivity contribution in [2.75, 3.05) is 34.4 Å².